The Morgan fingerprint density at radius 2 is 1.79 bits per heavy atom. The molecule has 1 saturated heterocycles. The van der Waals surface area contributed by atoms with Crippen molar-refractivity contribution in [3.63, 3.8) is 0 Å². The fourth-order valence-electron chi connectivity index (χ4n) is 3.45. The van der Waals surface area contributed by atoms with Crippen molar-refractivity contribution >= 4 is 35.0 Å². The van der Waals surface area contributed by atoms with Gasteiger partial charge in [0.1, 0.15) is 18.5 Å². The topological polar surface area (TPSA) is 66.8 Å². The van der Waals surface area contributed by atoms with E-state index in [2.05, 4.69) is 0 Å². The van der Waals surface area contributed by atoms with Crippen LogP contribution in [0.4, 0.5) is 0 Å². The molecule has 0 aromatic heterocycles. The maximum absolute atomic E-state index is 12.4. The molecule has 1 aliphatic heterocycles. The van der Waals surface area contributed by atoms with Crippen LogP contribution in [0, 0.1) is 11.8 Å². The van der Waals surface area contributed by atoms with Gasteiger partial charge in [-0.3, -0.25) is 14.5 Å². The molecule has 5 nitrogen and oxygen atoms in total. The molecule has 1 N–H and O–H groups in total. The number of hydrogen-bond donors (Lipinski definition) is 1. The van der Waals surface area contributed by atoms with E-state index < -0.39 is 6.10 Å². The molecule has 0 spiro atoms. The molecule has 24 heavy (non-hydrogen) atoms. The lowest BCUT2D eigenvalue weighted by Gasteiger charge is -2.19. The number of fused-ring (bicyclic) bond motifs is 1. The first kappa shape index (κ1) is 17.5. The van der Waals surface area contributed by atoms with Gasteiger partial charge in [-0.15, -0.1) is 0 Å². The number of aliphatic hydroxyl groups excluding tert-OH is 1. The molecule has 3 unspecified atom stereocenters. The number of rotatable bonds is 5. The van der Waals surface area contributed by atoms with Crippen LogP contribution < -0.4 is 4.74 Å². The Hall–Kier alpha value is -1.30. The first-order valence-corrected chi connectivity index (χ1v) is 8.84. The van der Waals surface area contributed by atoms with Crippen molar-refractivity contribution in [3.8, 4) is 5.75 Å². The third-order valence-corrected chi connectivity index (χ3v) is 5.20. The predicted molar refractivity (Wildman–Crippen MR) is 90.1 cm³/mol. The molecule has 130 valence electrons. The van der Waals surface area contributed by atoms with E-state index in [1.54, 1.807) is 18.2 Å². The molecular weight excluding hydrogens is 353 g/mol. The minimum Gasteiger partial charge on any atom is -0.489 e. The zero-order chi connectivity index (χ0) is 17.3. The fraction of sp³-hybridized carbons (Fsp3) is 0.529. The number of imide groups is 1. The third kappa shape index (κ3) is 3.53. The van der Waals surface area contributed by atoms with E-state index >= 15 is 0 Å². The number of ether oxygens (including phenoxy) is 1. The average Bonchev–Trinajstić information content (AvgIpc) is 2.81. The van der Waals surface area contributed by atoms with Crippen LogP contribution in [0.25, 0.3) is 0 Å². The first-order chi connectivity index (χ1) is 11.5. The molecular formula is C17H19Cl2NO4. The van der Waals surface area contributed by atoms with Crippen molar-refractivity contribution in [3.05, 3.63) is 28.2 Å². The SMILES string of the molecule is O=C1C2CCCCC2C(=O)N1CC(O)COc1cc(Cl)ccc1Cl. The molecule has 2 aliphatic rings. The Bertz CT molecular complexity index is 627. The number of carbonyl (C=O) groups excluding carboxylic acids is 2. The van der Waals surface area contributed by atoms with E-state index in [9.17, 15) is 14.7 Å². The lowest BCUT2D eigenvalue weighted by Crippen LogP contribution is -2.40. The fourth-order valence-corrected chi connectivity index (χ4v) is 3.78. The van der Waals surface area contributed by atoms with Gasteiger partial charge in [-0.1, -0.05) is 36.0 Å². The molecule has 0 bridgehead atoms. The van der Waals surface area contributed by atoms with Gasteiger partial charge in [0.2, 0.25) is 11.8 Å². The van der Waals surface area contributed by atoms with Gasteiger partial charge < -0.3 is 9.84 Å². The number of aliphatic hydroxyl groups is 1. The monoisotopic (exact) mass is 371 g/mol. The second kappa shape index (κ2) is 7.30. The summed E-state index contributed by atoms with van der Waals surface area (Å²) in [6.07, 6.45) is 2.50. The summed E-state index contributed by atoms with van der Waals surface area (Å²) in [5.74, 6) is -0.381. The van der Waals surface area contributed by atoms with Crippen LogP contribution in [-0.4, -0.2) is 41.1 Å². The third-order valence-electron chi connectivity index (χ3n) is 4.65. The highest BCUT2D eigenvalue weighted by atomic mass is 35.5. The van der Waals surface area contributed by atoms with Gasteiger partial charge >= 0.3 is 0 Å². The zero-order valence-corrected chi connectivity index (χ0v) is 14.6. The number of β-amino-alcohol motifs (C(OH)–C–C–N with tert-alkyl or cyclic N) is 1. The van der Waals surface area contributed by atoms with Gasteiger partial charge in [-0.05, 0) is 25.0 Å². The molecule has 3 atom stereocenters. The predicted octanol–water partition coefficient (Wildman–Crippen LogP) is 2.91. The second-order valence-electron chi connectivity index (χ2n) is 6.32. The lowest BCUT2D eigenvalue weighted by molar-refractivity contribution is -0.141. The molecule has 1 saturated carbocycles. The van der Waals surface area contributed by atoms with Gasteiger partial charge in [0.25, 0.3) is 0 Å². The van der Waals surface area contributed by atoms with Gasteiger partial charge in [0, 0.05) is 11.1 Å². The lowest BCUT2D eigenvalue weighted by atomic mass is 9.81. The van der Waals surface area contributed by atoms with E-state index in [0.717, 1.165) is 25.7 Å². The maximum Gasteiger partial charge on any atom is 0.233 e. The molecule has 2 amide bonds. The Morgan fingerprint density at radius 1 is 1.17 bits per heavy atom. The highest BCUT2D eigenvalue weighted by Gasteiger charge is 2.48. The molecule has 2 fully saturated rings. The van der Waals surface area contributed by atoms with Crippen LogP contribution >= 0.6 is 23.2 Å². The van der Waals surface area contributed by atoms with Crippen molar-refractivity contribution in [2.75, 3.05) is 13.2 Å². The van der Waals surface area contributed by atoms with Crippen LogP contribution in [0.3, 0.4) is 0 Å². The molecule has 7 heteroatoms. The number of nitrogens with zero attached hydrogens (tertiary/aromatic N) is 1. The summed E-state index contributed by atoms with van der Waals surface area (Å²) in [6.45, 7) is -0.130. The minimum atomic E-state index is -0.979. The van der Waals surface area contributed by atoms with E-state index in [-0.39, 0.29) is 36.8 Å². The highest BCUT2D eigenvalue weighted by molar-refractivity contribution is 6.34. The largest absolute Gasteiger partial charge is 0.489 e. The summed E-state index contributed by atoms with van der Waals surface area (Å²) < 4.78 is 5.46. The van der Waals surface area contributed by atoms with Crippen molar-refractivity contribution in [2.24, 2.45) is 11.8 Å². The smallest absolute Gasteiger partial charge is 0.233 e. The molecule has 1 aromatic rings. The average molecular weight is 372 g/mol. The van der Waals surface area contributed by atoms with E-state index in [1.165, 1.54) is 4.90 Å². The van der Waals surface area contributed by atoms with Gasteiger partial charge in [0.05, 0.1) is 23.4 Å². The second-order valence-corrected chi connectivity index (χ2v) is 7.17. The van der Waals surface area contributed by atoms with Crippen LogP contribution in [0.15, 0.2) is 18.2 Å². The van der Waals surface area contributed by atoms with Gasteiger partial charge in [-0.2, -0.15) is 0 Å². The standard InChI is InChI=1S/C17H19Cl2NO4/c18-10-5-6-14(19)15(7-10)24-9-11(21)8-20-16(22)12-3-1-2-4-13(12)17(20)23/h5-7,11-13,21H,1-4,8-9H2. The number of hydrogen-bond acceptors (Lipinski definition) is 4. The summed E-state index contributed by atoms with van der Waals surface area (Å²) >= 11 is 11.9. The van der Waals surface area contributed by atoms with Gasteiger partial charge in [-0.25, -0.2) is 0 Å². The Kier molecular flexibility index (Phi) is 5.33. The zero-order valence-electron chi connectivity index (χ0n) is 13.1. The Morgan fingerprint density at radius 3 is 2.42 bits per heavy atom. The van der Waals surface area contributed by atoms with Crippen molar-refractivity contribution in [1.82, 2.24) is 4.90 Å². The summed E-state index contributed by atoms with van der Waals surface area (Å²) in [5, 5.41) is 11.0. The Labute approximate surface area is 150 Å². The van der Waals surface area contributed by atoms with Crippen LogP contribution in [0.5, 0.6) is 5.75 Å². The van der Waals surface area contributed by atoms with Crippen LogP contribution in [-0.2, 0) is 9.59 Å². The van der Waals surface area contributed by atoms with Crippen LogP contribution in [0.2, 0.25) is 10.0 Å². The van der Waals surface area contributed by atoms with E-state index in [1.807, 2.05) is 0 Å². The van der Waals surface area contributed by atoms with E-state index in [4.69, 9.17) is 27.9 Å². The van der Waals surface area contributed by atoms with Crippen LogP contribution in [0.1, 0.15) is 25.7 Å². The summed E-state index contributed by atoms with van der Waals surface area (Å²) in [6, 6.07) is 4.79. The van der Waals surface area contributed by atoms with Crippen molar-refractivity contribution in [1.29, 1.82) is 0 Å². The van der Waals surface area contributed by atoms with Crippen molar-refractivity contribution < 1.29 is 19.4 Å². The summed E-state index contributed by atoms with van der Waals surface area (Å²) in [7, 11) is 0. The number of likely N-dealkylation sites (tertiary alicyclic amines) is 1. The van der Waals surface area contributed by atoms with Crippen molar-refractivity contribution in [2.45, 2.75) is 31.8 Å². The number of halogens is 2. The number of benzene rings is 1. The maximum atomic E-state index is 12.4. The number of carbonyl (C=O) groups is 2. The Balaban J connectivity index is 1.58. The minimum absolute atomic E-state index is 0.0527. The first-order valence-electron chi connectivity index (χ1n) is 8.08. The normalized spacial score (nSPS) is 24.9. The molecule has 1 aromatic carbocycles. The van der Waals surface area contributed by atoms with Gasteiger partial charge in [0.15, 0.2) is 0 Å². The molecule has 0 radical (unpaired) electrons. The molecule has 1 aliphatic carbocycles. The number of amides is 2. The van der Waals surface area contributed by atoms with E-state index in [0.29, 0.717) is 15.8 Å². The highest BCUT2D eigenvalue weighted by Crippen LogP contribution is 2.38. The molecule has 3 rings (SSSR count). The summed E-state index contributed by atoms with van der Waals surface area (Å²) in [4.78, 5) is 25.9. The summed E-state index contributed by atoms with van der Waals surface area (Å²) in [5.41, 5.74) is 0. The quantitative estimate of drug-likeness (QED) is 0.808. The molecule has 1 heterocycles.